The van der Waals surface area contributed by atoms with E-state index in [0.29, 0.717) is 0 Å². The second-order valence-corrected chi connectivity index (χ2v) is 4.92. The lowest BCUT2D eigenvalue weighted by molar-refractivity contribution is 1.39. The van der Waals surface area contributed by atoms with Crippen LogP contribution in [0.4, 0.5) is 5.69 Å². The first-order chi connectivity index (χ1) is 9.72. The molecule has 3 rings (SSSR count). The zero-order valence-electron chi connectivity index (χ0n) is 11.4. The number of aromatic nitrogens is 1. The third kappa shape index (κ3) is 2.54. The highest BCUT2D eigenvalue weighted by atomic mass is 14.6. The van der Waals surface area contributed by atoms with Gasteiger partial charge in [0.15, 0.2) is 0 Å². The fraction of sp³-hybridized carbons (Fsp3) is 0.0556. The van der Waals surface area contributed by atoms with Crippen molar-refractivity contribution in [3.63, 3.8) is 0 Å². The molecule has 0 radical (unpaired) electrons. The summed E-state index contributed by atoms with van der Waals surface area (Å²) in [6.45, 7) is 2.10. The van der Waals surface area contributed by atoms with Crippen molar-refractivity contribution in [3.05, 3.63) is 71.4 Å². The Labute approximate surface area is 118 Å². The highest BCUT2D eigenvalue weighted by molar-refractivity contribution is 5.90. The topological polar surface area (TPSA) is 38.9 Å². The molecule has 0 fully saturated rings. The maximum Gasteiger partial charge on any atom is 0.0708 e. The van der Waals surface area contributed by atoms with E-state index in [1.165, 1.54) is 16.5 Å². The van der Waals surface area contributed by atoms with Crippen molar-refractivity contribution in [3.8, 4) is 0 Å². The van der Waals surface area contributed by atoms with Gasteiger partial charge in [0, 0.05) is 17.3 Å². The third-order valence-corrected chi connectivity index (χ3v) is 3.32. The minimum Gasteiger partial charge on any atom is -0.399 e. The quantitative estimate of drug-likeness (QED) is 0.698. The zero-order valence-corrected chi connectivity index (χ0v) is 11.4. The maximum atomic E-state index is 5.69. The number of pyridine rings is 1. The van der Waals surface area contributed by atoms with Crippen LogP contribution in [0.1, 0.15) is 16.7 Å². The Bertz CT molecular complexity index is 771. The van der Waals surface area contributed by atoms with E-state index in [1.807, 2.05) is 36.5 Å². The summed E-state index contributed by atoms with van der Waals surface area (Å²) < 4.78 is 0. The second kappa shape index (κ2) is 5.17. The fourth-order valence-electron chi connectivity index (χ4n) is 2.22. The van der Waals surface area contributed by atoms with Crippen molar-refractivity contribution in [2.75, 3.05) is 5.73 Å². The van der Waals surface area contributed by atoms with Gasteiger partial charge in [0.2, 0.25) is 0 Å². The van der Waals surface area contributed by atoms with E-state index in [-0.39, 0.29) is 0 Å². The van der Waals surface area contributed by atoms with E-state index in [4.69, 9.17) is 5.73 Å². The lowest BCUT2D eigenvalue weighted by atomic mass is 10.1. The second-order valence-electron chi connectivity index (χ2n) is 4.92. The Morgan fingerprint density at radius 2 is 1.75 bits per heavy atom. The molecule has 0 unspecified atom stereocenters. The zero-order chi connectivity index (χ0) is 13.9. The van der Waals surface area contributed by atoms with Crippen LogP contribution in [0.15, 0.2) is 54.7 Å². The number of fused-ring (bicyclic) bond motifs is 1. The molecule has 20 heavy (non-hydrogen) atoms. The van der Waals surface area contributed by atoms with Crippen molar-refractivity contribution < 1.29 is 0 Å². The van der Waals surface area contributed by atoms with E-state index in [1.54, 1.807) is 0 Å². The Morgan fingerprint density at radius 1 is 0.950 bits per heavy atom. The van der Waals surface area contributed by atoms with E-state index in [9.17, 15) is 0 Å². The molecule has 0 amide bonds. The number of nitrogen functional groups attached to an aromatic ring is 1. The highest BCUT2D eigenvalue weighted by Gasteiger charge is 1.99. The molecule has 2 aromatic carbocycles. The SMILES string of the molecule is Cc1ccc2nccc(/C=C/c3ccc(N)cc3)c2c1. The van der Waals surface area contributed by atoms with Crippen LogP contribution in [0.2, 0.25) is 0 Å². The van der Waals surface area contributed by atoms with Gasteiger partial charge in [0.1, 0.15) is 0 Å². The summed E-state index contributed by atoms with van der Waals surface area (Å²) in [5, 5.41) is 1.18. The molecule has 2 N–H and O–H groups in total. The molecule has 3 aromatic rings. The van der Waals surface area contributed by atoms with Gasteiger partial charge in [0.25, 0.3) is 0 Å². The molecule has 0 saturated carbocycles. The Hall–Kier alpha value is -2.61. The van der Waals surface area contributed by atoms with E-state index in [2.05, 4.69) is 42.3 Å². The van der Waals surface area contributed by atoms with Crippen LogP contribution in [-0.2, 0) is 0 Å². The number of nitrogens with zero attached hydrogens (tertiary/aromatic N) is 1. The van der Waals surface area contributed by atoms with Crippen LogP contribution >= 0.6 is 0 Å². The summed E-state index contributed by atoms with van der Waals surface area (Å²) in [7, 11) is 0. The third-order valence-electron chi connectivity index (χ3n) is 3.32. The minimum atomic E-state index is 0.784. The van der Waals surface area contributed by atoms with Crippen LogP contribution in [0, 0.1) is 6.92 Å². The number of aryl methyl sites for hydroxylation is 1. The van der Waals surface area contributed by atoms with E-state index < -0.39 is 0 Å². The van der Waals surface area contributed by atoms with Gasteiger partial charge >= 0.3 is 0 Å². The molecule has 0 atom stereocenters. The van der Waals surface area contributed by atoms with Crippen LogP contribution in [0.3, 0.4) is 0 Å². The molecule has 0 aliphatic carbocycles. The number of rotatable bonds is 2. The Balaban J connectivity index is 2.02. The molecule has 2 heteroatoms. The summed E-state index contributed by atoms with van der Waals surface area (Å²) in [4.78, 5) is 4.40. The molecule has 2 nitrogen and oxygen atoms in total. The minimum absolute atomic E-state index is 0.784. The predicted octanol–water partition coefficient (Wildman–Crippen LogP) is 4.30. The standard InChI is InChI=1S/C18H16N2/c1-13-2-9-18-17(12-13)15(10-11-20-18)6-3-14-4-7-16(19)8-5-14/h2-12H,19H2,1H3/b6-3+. The summed E-state index contributed by atoms with van der Waals surface area (Å²) in [6, 6.07) is 16.2. The van der Waals surface area contributed by atoms with Crippen molar-refractivity contribution in [2.45, 2.75) is 6.92 Å². The van der Waals surface area contributed by atoms with Gasteiger partial charge in [-0.15, -0.1) is 0 Å². The molecule has 0 aliphatic rings. The van der Waals surface area contributed by atoms with Crippen LogP contribution in [0.5, 0.6) is 0 Å². The van der Waals surface area contributed by atoms with Gasteiger partial charge in [0.05, 0.1) is 5.52 Å². The first-order valence-corrected chi connectivity index (χ1v) is 6.61. The Morgan fingerprint density at radius 3 is 2.55 bits per heavy atom. The van der Waals surface area contributed by atoms with Crippen molar-refractivity contribution in [1.29, 1.82) is 0 Å². The van der Waals surface area contributed by atoms with Gasteiger partial charge in [-0.05, 0) is 48.4 Å². The number of anilines is 1. The summed E-state index contributed by atoms with van der Waals surface area (Å²) in [5.41, 5.74) is 11.1. The number of hydrogen-bond acceptors (Lipinski definition) is 2. The van der Waals surface area contributed by atoms with Gasteiger partial charge < -0.3 is 5.73 Å². The predicted molar refractivity (Wildman–Crippen MR) is 86.3 cm³/mol. The lowest BCUT2D eigenvalue weighted by Gasteiger charge is -2.03. The summed E-state index contributed by atoms with van der Waals surface area (Å²) in [5.74, 6) is 0. The molecule has 0 saturated heterocycles. The summed E-state index contributed by atoms with van der Waals surface area (Å²) >= 11 is 0. The maximum absolute atomic E-state index is 5.69. The first-order valence-electron chi connectivity index (χ1n) is 6.61. The fourth-order valence-corrected chi connectivity index (χ4v) is 2.22. The van der Waals surface area contributed by atoms with Crippen LogP contribution in [-0.4, -0.2) is 4.98 Å². The molecule has 0 bridgehead atoms. The van der Waals surface area contributed by atoms with E-state index >= 15 is 0 Å². The molecular weight excluding hydrogens is 244 g/mol. The first kappa shape index (κ1) is 12.4. The van der Waals surface area contributed by atoms with Crippen molar-refractivity contribution >= 4 is 28.7 Å². The molecule has 0 spiro atoms. The number of hydrogen-bond donors (Lipinski definition) is 1. The van der Waals surface area contributed by atoms with Crippen molar-refractivity contribution in [1.82, 2.24) is 4.98 Å². The molecular formula is C18H16N2. The van der Waals surface area contributed by atoms with Gasteiger partial charge in [-0.3, -0.25) is 4.98 Å². The van der Waals surface area contributed by atoms with E-state index in [0.717, 1.165) is 16.8 Å². The van der Waals surface area contributed by atoms with Gasteiger partial charge in [-0.25, -0.2) is 0 Å². The average molecular weight is 260 g/mol. The molecule has 1 aromatic heterocycles. The Kier molecular flexibility index (Phi) is 3.21. The molecule has 98 valence electrons. The van der Waals surface area contributed by atoms with Crippen LogP contribution in [0.25, 0.3) is 23.1 Å². The van der Waals surface area contributed by atoms with Gasteiger partial charge in [-0.2, -0.15) is 0 Å². The smallest absolute Gasteiger partial charge is 0.0708 e. The highest BCUT2D eigenvalue weighted by Crippen LogP contribution is 2.20. The average Bonchev–Trinajstić information content (AvgIpc) is 2.47. The normalized spacial score (nSPS) is 11.2. The monoisotopic (exact) mass is 260 g/mol. The number of nitrogens with two attached hydrogens (primary N) is 1. The van der Waals surface area contributed by atoms with Crippen molar-refractivity contribution in [2.24, 2.45) is 0 Å². The number of benzene rings is 2. The summed E-state index contributed by atoms with van der Waals surface area (Å²) in [6.07, 6.45) is 6.06. The molecule has 1 heterocycles. The molecule has 0 aliphatic heterocycles. The lowest BCUT2D eigenvalue weighted by Crippen LogP contribution is -1.84. The van der Waals surface area contributed by atoms with Gasteiger partial charge in [-0.1, -0.05) is 35.9 Å². The largest absolute Gasteiger partial charge is 0.399 e. The van der Waals surface area contributed by atoms with Crippen LogP contribution < -0.4 is 5.73 Å².